The maximum absolute atomic E-state index is 12.6. The third kappa shape index (κ3) is 4.23. The van der Waals surface area contributed by atoms with Gasteiger partial charge in [0.2, 0.25) is 5.91 Å². The first-order chi connectivity index (χ1) is 11.6. The fraction of sp³-hybridized carbons (Fsp3) is 0.647. The third-order valence-electron chi connectivity index (χ3n) is 4.64. The Kier molecular flexibility index (Phi) is 5.33. The highest BCUT2D eigenvalue weighted by molar-refractivity contribution is 5.76. The summed E-state index contributed by atoms with van der Waals surface area (Å²) in [6, 6.07) is 4.81. The van der Waals surface area contributed by atoms with E-state index in [1.807, 2.05) is 0 Å². The Morgan fingerprint density at radius 1 is 1.25 bits per heavy atom. The number of nitrogens with zero attached hydrogens (tertiary/aromatic N) is 3. The van der Waals surface area contributed by atoms with Crippen LogP contribution in [0.1, 0.15) is 12.8 Å². The number of ether oxygens (including phenoxy) is 1. The second-order valence-electron chi connectivity index (χ2n) is 6.74. The zero-order chi connectivity index (χ0) is 17.0. The van der Waals surface area contributed by atoms with Crippen molar-refractivity contribution in [1.82, 2.24) is 14.4 Å². The molecule has 3 rings (SSSR count). The summed E-state index contributed by atoms with van der Waals surface area (Å²) in [5.74, 6) is -0.173. The largest absolute Gasteiger partial charge is 0.384 e. The van der Waals surface area contributed by atoms with Gasteiger partial charge in [-0.3, -0.25) is 9.59 Å². The van der Waals surface area contributed by atoms with Crippen LogP contribution in [0.2, 0.25) is 0 Å². The normalized spacial score (nSPS) is 25.6. The van der Waals surface area contributed by atoms with Crippen LogP contribution in [0.5, 0.6) is 0 Å². The van der Waals surface area contributed by atoms with Crippen LogP contribution in [0.15, 0.2) is 29.2 Å². The molecule has 1 aromatic rings. The third-order valence-corrected chi connectivity index (χ3v) is 4.64. The topological polar surface area (TPSA) is 75.0 Å². The van der Waals surface area contributed by atoms with Gasteiger partial charge in [0.1, 0.15) is 12.1 Å². The molecular formula is C17H25N3O4. The lowest BCUT2D eigenvalue weighted by Gasteiger charge is -2.34. The number of carbonyl (C=O) groups is 1. The Morgan fingerprint density at radius 3 is 2.79 bits per heavy atom. The van der Waals surface area contributed by atoms with Crippen LogP contribution in [0.25, 0.3) is 0 Å². The Morgan fingerprint density at radius 2 is 2.04 bits per heavy atom. The van der Waals surface area contributed by atoms with Gasteiger partial charge in [-0.15, -0.1) is 0 Å². The second-order valence-corrected chi connectivity index (χ2v) is 6.74. The van der Waals surface area contributed by atoms with Gasteiger partial charge in [0, 0.05) is 25.4 Å². The standard InChI is InChI=1S/C17H25N3O4/c21-15-5-1-2-8-19(15)11-16(22)20-9-10-24-14-17(23,13-20)12-18-6-3-4-7-18/h1-2,5,8,23H,3-4,6-7,9-14H2/t17-/m0/s1. The number of likely N-dealkylation sites (tertiary alicyclic amines) is 1. The van der Waals surface area contributed by atoms with E-state index in [-0.39, 0.29) is 31.2 Å². The van der Waals surface area contributed by atoms with E-state index in [0.717, 1.165) is 25.9 Å². The minimum atomic E-state index is -1.06. The smallest absolute Gasteiger partial charge is 0.250 e. The fourth-order valence-electron chi connectivity index (χ4n) is 3.42. The van der Waals surface area contributed by atoms with Crippen LogP contribution in [-0.2, 0) is 16.1 Å². The number of carbonyl (C=O) groups excluding carboxylic acids is 1. The highest BCUT2D eigenvalue weighted by Gasteiger charge is 2.36. The number of aliphatic hydroxyl groups is 1. The zero-order valence-corrected chi connectivity index (χ0v) is 13.9. The summed E-state index contributed by atoms with van der Waals surface area (Å²) >= 11 is 0. The van der Waals surface area contributed by atoms with Crippen LogP contribution >= 0.6 is 0 Å². The van der Waals surface area contributed by atoms with Gasteiger partial charge in [-0.05, 0) is 32.0 Å². The minimum absolute atomic E-state index is 0.0144. The molecule has 1 N–H and O–H groups in total. The van der Waals surface area contributed by atoms with Crippen LogP contribution in [-0.4, -0.2) is 76.9 Å². The van der Waals surface area contributed by atoms with Crippen molar-refractivity contribution >= 4 is 5.91 Å². The van der Waals surface area contributed by atoms with Gasteiger partial charge in [-0.25, -0.2) is 0 Å². The highest BCUT2D eigenvalue weighted by Crippen LogP contribution is 2.18. The van der Waals surface area contributed by atoms with Crippen LogP contribution in [0, 0.1) is 0 Å². The van der Waals surface area contributed by atoms with Gasteiger partial charge in [0.25, 0.3) is 5.56 Å². The highest BCUT2D eigenvalue weighted by atomic mass is 16.5. The van der Waals surface area contributed by atoms with Crippen molar-refractivity contribution in [3.8, 4) is 0 Å². The minimum Gasteiger partial charge on any atom is -0.384 e. The first-order valence-electron chi connectivity index (χ1n) is 8.51. The van der Waals surface area contributed by atoms with E-state index in [4.69, 9.17) is 4.74 Å². The molecule has 2 aliphatic rings. The van der Waals surface area contributed by atoms with E-state index in [1.54, 1.807) is 23.2 Å². The molecule has 0 saturated carbocycles. The lowest BCUT2D eigenvalue weighted by Crippen LogP contribution is -2.53. The Hall–Kier alpha value is -1.70. The molecule has 2 fully saturated rings. The average Bonchev–Trinajstić information content (AvgIpc) is 2.97. The first-order valence-corrected chi connectivity index (χ1v) is 8.51. The van der Waals surface area contributed by atoms with Crippen molar-refractivity contribution in [1.29, 1.82) is 0 Å². The average molecular weight is 335 g/mol. The number of hydrogen-bond acceptors (Lipinski definition) is 5. The van der Waals surface area contributed by atoms with E-state index in [0.29, 0.717) is 19.7 Å². The molecule has 132 valence electrons. The molecule has 0 spiro atoms. The van der Waals surface area contributed by atoms with Crippen LogP contribution in [0.4, 0.5) is 0 Å². The SMILES string of the molecule is O=C(Cn1ccccc1=O)N1CCOC[C@](O)(CN2CCCC2)C1. The molecule has 1 aromatic heterocycles. The monoisotopic (exact) mass is 335 g/mol. The molecule has 0 aliphatic carbocycles. The molecule has 2 aliphatic heterocycles. The molecule has 0 aromatic carbocycles. The van der Waals surface area contributed by atoms with Crippen molar-refractivity contribution < 1.29 is 14.6 Å². The van der Waals surface area contributed by atoms with Crippen LogP contribution in [0.3, 0.4) is 0 Å². The van der Waals surface area contributed by atoms with Gasteiger partial charge in [-0.2, -0.15) is 0 Å². The first kappa shape index (κ1) is 17.1. The number of amides is 1. The lowest BCUT2D eigenvalue weighted by atomic mass is 10.0. The molecule has 1 atom stereocenters. The van der Waals surface area contributed by atoms with Crippen molar-refractivity contribution in [2.75, 3.05) is 45.9 Å². The number of β-amino-alcohol motifs (C(OH)–C–C–N with tert-alkyl or cyclic N) is 1. The number of hydrogen-bond donors (Lipinski definition) is 1. The quantitative estimate of drug-likeness (QED) is 0.805. The number of rotatable bonds is 4. The Balaban J connectivity index is 1.66. The molecule has 7 nitrogen and oxygen atoms in total. The molecule has 3 heterocycles. The zero-order valence-electron chi connectivity index (χ0n) is 13.9. The van der Waals surface area contributed by atoms with Crippen molar-refractivity contribution in [2.45, 2.75) is 25.0 Å². The van der Waals surface area contributed by atoms with Gasteiger partial charge < -0.3 is 24.2 Å². The summed E-state index contributed by atoms with van der Waals surface area (Å²) in [6.45, 7) is 3.77. The maximum atomic E-state index is 12.6. The van der Waals surface area contributed by atoms with E-state index in [1.165, 1.54) is 10.6 Å². The van der Waals surface area contributed by atoms with Crippen LogP contribution < -0.4 is 5.56 Å². The molecule has 0 radical (unpaired) electrons. The summed E-state index contributed by atoms with van der Waals surface area (Å²) in [4.78, 5) is 28.2. The van der Waals surface area contributed by atoms with Gasteiger partial charge in [-0.1, -0.05) is 6.07 Å². The molecular weight excluding hydrogens is 310 g/mol. The predicted molar refractivity (Wildman–Crippen MR) is 88.7 cm³/mol. The lowest BCUT2D eigenvalue weighted by molar-refractivity contribution is -0.135. The van der Waals surface area contributed by atoms with E-state index >= 15 is 0 Å². The Bertz CT molecular complexity index is 626. The van der Waals surface area contributed by atoms with Gasteiger partial charge in [0.15, 0.2) is 0 Å². The summed E-state index contributed by atoms with van der Waals surface area (Å²) in [5, 5.41) is 10.9. The number of aromatic nitrogens is 1. The fourth-order valence-corrected chi connectivity index (χ4v) is 3.42. The van der Waals surface area contributed by atoms with E-state index < -0.39 is 5.60 Å². The van der Waals surface area contributed by atoms with E-state index in [2.05, 4.69) is 4.90 Å². The van der Waals surface area contributed by atoms with Gasteiger partial charge in [0.05, 0.1) is 19.8 Å². The molecule has 1 amide bonds. The summed E-state index contributed by atoms with van der Waals surface area (Å²) < 4.78 is 6.92. The molecule has 0 unspecified atom stereocenters. The van der Waals surface area contributed by atoms with E-state index in [9.17, 15) is 14.7 Å². The van der Waals surface area contributed by atoms with Crippen molar-refractivity contribution in [3.63, 3.8) is 0 Å². The van der Waals surface area contributed by atoms with Crippen molar-refractivity contribution in [3.05, 3.63) is 34.7 Å². The molecule has 7 heteroatoms. The molecule has 2 saturated heterocycles. The molecule has 0 bridgehead atoms. The predicted octanol–water partition coefficient (Wildman–Crippen LogP) is -0.466. The molecule has 24 heavy (non-hydrogen) atoms. The summed E-state index contributed by atoms with van der Waals surface area (Å²) in [7, 11) is 0. The number of pyridine rings is 1. The van der Waals surface area contributed by atoms with Crippen molar-refractivity contribution in [2.24, 2.45) is 0 Å². The van der Waals surface area contributed by atoms with Gasteiger partial charge >= 0.3 is 0 Å². The summed E-state index contributed by atoms with van der Waals surface area (Å²) in [6.07, 6.45) is 3.90. The maximum Gasteiger partial charge on any atom is 0.250 e. The Labute approximate surface area is 141 Å². The summed E-state index contributed by atoms with van der Waals surface area (Å²) in [5.41, 5.74) is -1.26. The second kappa shape index (κ2) is 7.46.